The number of aromatic amines is 1. The molecule has 3 aromatic heterocycles. The lowest BCUT2D eigenvalue weighted by Crippen LogP contribution is -2.64. The molecule has 0 radical (unpaired) electrons. The molecule has 4 heterocycles. The van der Waals surface area contributed by atoms with Gasteiger partial charge in [-0.05, 0) is 58.1 Å². The molecule has 11 nitrogen and oxygen atoms in total. The summed E-state index contributed by atoms with van der Waals surface area (Å²) in [6.07, 6.45) is 7.05. The number of nitrogens with zero attached hydrogens (tertiary/aromatic N) is 6. The highest BCUT2D eigenvalue weighted by Crippen LogP contribution is 2.40. The number of aryl methyl sites for hydroxylation is 2. The van der Waals surface area contributed by atoms with Gasteiger partial charge < -0.3 is 16.4 Å². The number of carbonyl (C=O) groups excluding carboxylic acids is 1. The van der Waals surface area contributed by atoms with Crippen molar-refractivity contribution < 1.29 is 9.18 Å². The Morgan fingerprint density at radius 3 is 2.73 bits per heavy atom. The molecule has 1 saturated carbocycles. The molecule has 1 aliphatic carbocycles. The van der Waals surface area contributed by atoms with E-state index in [1.807, 2.05) is 32.0 Å². The van der Waals surface area contributed by atoms with E-state index in [1.54, 1.807) is 12.3 Å². The number of H-pyrrole nitrogens is 1. The first-order valence-electron chi connectivity index (χ1n) is 13.5. The number of amides is 1. The summed E-state index contributed by atoms with van der Waals surface area (Å²) in [7, 11) is 0. The second kappa shape index (κ2) is 11.5. The number of allylic oxidation sites excluding steroid dienone is 1. The molecule has 12 heteroatoms. The first-order chi connectivity index (χ1) is 19.2. The molecule has 1 saturated heterocycles. The summed E-state index contributed by atoms with van der Waals surface area (Å²) < 4.78 is 13.2. The molecular weight excluding hydrogens is 511 g/mol. The summed E-state index contributed by atoms with van der Waals surface area (Å²) in [5.74, 6) is 2.28. The van der Waals surface area contributed by atoms with Gasteiger partial charge in [-0.3, -0.25) is 14.8 Å². The Bertz CT molecular complexity index is 1410. The number of halogens is 1. The van der Waals surface area contributed by atoms with Crippen molar-refractivity contribution in [1.82, 2.24) is 35.4 Å². The predicted octanol–water partition coefficient (Wildman–Crippen LogP) is 4.02. The summed E-state index contributed by atoms with van der Waals surface area (Å²) in [5.41, 5.74) is 7.68. The van der Waals surface area contributed by atoms with Gasteiger partial charge in [0, 0.05) is 54.4 Å². The number of carbonyl (C=O) groups is 1. The van der Waals surface area contributed by atoms with Gasteiger partial charge in [-0.2, -0.15) is 5.10 Å². The van der Waals surface area contributed by atoms with Crippen LogP contribution in [0.4, 0.5) is 21.8 Å². The number of hydrogen-bond donors (Lipinski definition) is 4. The molecule has 2 aliphatic rings. The van der Waals surface area contributed by atoms with E-state index in [1.165, 1.54) is 0 Å². The molecule has 1 spiro atoms. The number of hydrogen-bond acceptors (Lipinski definition) is 9. The molecule has 5 rings (SSSR count). The van der Waals surface area contributed by atoms with E-state index >= 15 is 0 Å². The van der Waals surface area contributed by atoms with Crippen molar-refractivity contribution >= 4 is 29.6 Å². The first kappa shape index (κ1) is 27.4. The third kappa shape index (κ3) is 6.33. The van der Waals surface area contributed by atoms with Crippen molar-refractivity contribution in [1.29, 1.82) is 0 Å². The van der Waals surface area contributed by atoms with Crippen LogP contribution < -0.4 is 16.4 Å². The molecule has 1 unspecified atom stereocenters. The average molecular weight is 547 g/mol. The maximum Gasteiger partial charge on any atom is 0.234 e. The first-order valence-corrected chi connectivity index (χ1v) is 13.5. The van der Waals surface area contributed by atoms with Gasteiger partial charge in [-0.15, -0.1) is 0 Å². The fourth-order valence-electron chi connectivity index (χ4n) is 5.54. The van der Waals surface area contributed by atoms with Gasteiger partial charge in [-0.1, -0.05) is 6.07 Å². The van der Waals surface area contributed by atoms with Crippen LogP contribution in [0.15, 0.2) is 47.5 Å². The minimum absolute atomic E-state index is 0.0220. The monoisotopic (exact) mass is 546 g/mol. The Labute approximate surface area is 232 Å². The maximum atomic E-state index is 13.2. The van der Waals surface area contributed by atoms with Crippen molar-refractivity contribution in [2.24, 2.45) is 10.7 Å². The molecule has 1 atom stereocenters. The van der Waals surface area contributed by atoms with E-state index in [0.29, 0.717) is 12.4 Å². The SMILES string of the molecule is Cc1cc(Nc2cc(C)[nH]n2)nc(C2CCC3(CC2)CN(C(C)c2ccc(N=CC(F)=CN)nc2)CC(=O)N3)n1. The smallest absolute Gasteiger partial charge is 0.234 e. The summed E-state index contributed by atoms with van der Waals surface area (Å²) >= 11 is 0. The molecule has 1 aliphatic heterocycles. The highest BCUT2D eigenvalue weighted by molar-refractivity contribution is 5.80. The van der Waals surface area contributed by atoms with Crippen LogP contribution in [0.3, 0.4) is 0 Å². The number of rotatable bonds is 7. The lowest BCUT2D eigenvalue weighted by atomic mass is 9.74. The number of aromatic nitrogens is 5. The Morgan fingerprint density at radius 2 is 2.05 bits per heavy atom. The Kier molecular flexibility index (Phi) is 7.88. The van der Waals surface area contributed by atoms with Gasteiger partial charge >= 0.3 is 0 Å². The van der Waals surface area contributed by atoms with Crippen molar-refractivity contribution in [3.63, 3.8) is 0 Å². The molecular formula is C28H35FN10O. The molecule has 0 bridgehead atoms. The number of aliphatic imine (C=N–C) groups is 1. The molecule has 40 heavy (non-hydrogen) atoms. The topological polar surface area (TPSA) is 150 Å². The average Bonchev–Trinajstić information content (AvgIpc) is 3.35. The second-order valence-corrected chi connectivity index (χ2v) is 10.8. The van der Waals surface area contributed by atoms with Crippen LogP contribution in [-0.4, -0.2) is 60.8 Å². The van der Waals surface area contributed by atoms with Gasteiger partial charge in [0.15, 0.2) is 17.5 Å². The minimum atomic E-state index is -0.631. The van der Waals surface area contributed by atoms with Gasteiger partial charge in [-0.25, -0.2) is 24.3 Å². The van der Waals surface area contributed by atoms with Crippen LogP contribution in [0.1, 0.15) is 67.3 Å². The van der Waals surface area contributed by atoms with Crippen molar-refractivity contribution in [3.05, 3.63) is 65.3 Å². The summed E-state index contributed by atoms with van der Waals surface area (Å²) in [6.45, 7) is 7.07. The van der Waals surface area contributed by atoms with E-state index in [0.717, 1.165) is 79.1 Å². The largest absolute Gasteiger partial charge is 0.402 e. The fourth-order valence-corrected chi connectivity index (χ4v) is 5.54. The van der Waals surface area contributed by atoms with Crippen LogP contribution in [0.2, 0.25) is 0 Å². The van der Waals surface area contributed by atoms with Crippen molar-refractivity contribution in [2.75, 3.05) is 18.4 Å². The highest BCUT2D eigenvalue weighted by atomic mass is 19.1. The summed E-state index contributed by atoms with van der Waals surface area (Å²) in [5, 5.41) is 13.7. The number of anilines is 2. The van der Waals surface area contributed by atoms with Gasteiger partial charge in [0.1, 0.15) is 11.6 Å². The number of pyridine rings is 1. The van der Waals surface area contributed by atoms with E-state index in [-0.39, 0.29) is 23.4 Å². The van der Waals surface area contributed by atoms with Gasteiger partial charge in [0.05, 0.1) is 18.3 Å². The van der Waals surface area contributed by atoms with Crippen LogP contribution in [0, 0.1) is 13.8 Å². The van der Waals surface area contributed by atoms with Crippen LogP contribution in [0.5, 0.6) is 0 Å². The normalized spacial score (nSPS) is 22.9. The number of nitrogens with one attached hydrogen (secondary N) is 3. The van der Waals surface area contributed by atoms with Crippen molar-refractivity contribution in [3.8, 4) is 0 Å². The van der Waals surface area contributed by atoms with Crippen molar-refractivity contribution in [2.45, 2.75) is 64.0 Å². The van der Waals surface area contributed by atoms with Crippen LogP contribution >= 0.6 is 0 Å². The molecule has 1 amide bonds. The van der Waals surface area contributed by atoms with E-state index in [9.17, 15) is 9.18 Å². The number of nitrogens with two attached hydrogens (primary N) is 1. The summed E-state index contributed by atoms with van der Waals surface area (Å²) in [6, 6.07) is 7.47. The maximum absolute atomic E-state index is 13.2. The molecule has 3 aromatic rings. The van der Waals surface area contributed by atoms with E-state index in [2.05, 4.69) is 42.6 Å². The zero-order valence-corrected chi connectivity index (χ0v) is 23.0. The molecule has 210 valence electrons. The standard InChI is InChI=1S/C28H35FN10O/c1-17-10-24(34-25-11-18(2)37-38-25)35-27(33-17)20-6-8-28(9-7-20)16-39(15-26(40)36-28)19(3)21-4-5-23(31-13-21)32-14-22(29)12-30/h4-5,10-14,19-20H,6-9,15-16,30H2,1-3H3,(H,36,40)(H2,33,34,35,37,38). The Balaban J connectivity index is 1.24. The third-order valence-electron chi connectivity index (χ3n) is 7.68. The number of piperazine rings is 1. The second-order valence-electron chi connectivity index (χ2n) is 10.8. The van der Waals surface area contributed by atoms with Gasteiger partial charge in [0.2, 0.25) is 5.91 Å². The predicted molar refractivity (Wildman–Crippen MR) is 151 cm³/mol. The molecule has 0 aromatic carbocycles. The Morgan fingerprint density at radius 1 is 1.25 bits per heavy atom. The van der Waals surface area contributed by atoms with E-state index in [4.69, 9.17) is 15.7 Å². The Hall–Kier alpha value is -4.19. The molecule has 5 N–H and O–H groups in total. The van der Waals surface area contributed by atoms with Crippen LogP contribution in [-0.2, 0) is 4.79 Å². The summed E-state index contributed by atoms with van der Waals surface area (Å²) in [4.78, 5) is 32.9. The quantitative estimate of drug-likeness (QED) is 0.325. The van der Waals surface area contributed by atoms with Crippen LogP contribution in [0.25, 0.3) is 0 Å². The minimum Gasteiger partial charge on any atom is -0.402 e. The van der Waals surface area contributed by atoms with E-state index < -0.39 is 5.83 Å². The lowest BCUT2D eigenvalue weighted by molar-refractivity contribution is -0.130. The third-order valence-corrected chi connectivity index (χ3v) is 7.68. The molecule has 2 fully saturated rings. The highest BCUT2D eigenvalue weighted by Gasteiger charge is 2.43. The lowest BCUT2D eigenvalue weighted by Gasteiger charge is -2.48. The van der Waals surface area contributed by atoms with Gasteiger partial charge in [0.25, 0.3) is 0 Å². The zero-order valence-electron chi connectivity index (χ0n) is 23.0. The zero-order chi connectivity index (χ0) is 28.3. The fraction of sp³-hybridized carbons (Fsp3) is 0.429.